The number of aliphatic hydroxyl groups is 1. The predicted octanol–water partition coefficient (Wildman–Crippen LogP) is 2.25. The summed E-state index contributed by atoms with van der Waals surface area (Å²) in [4.78, 5) is 28.3. The van der Waals surface area contributed by atoms with E-state index in [2.05, 4.69) is 20.9 Å². The SMILES string of the molecule is CC(CO)NC(=O)Nc1c(Cl)c(C(=O)Nc2cc(F)nc(C#N)c2)n2c1CCC2. The average Bonchev–Trinajstić information content (AvgIpc) is 3.22. The summed E-state index contributed by atoms with van der Waals surface area (Å²) in [7, 11) is 0. The fourth-order valence-corrected chi connectivity index (χ4v) is 3.47. The highest BCUT2D eigenvalue weighted by molar-refractivity contribution is 6.37. The lowest BCUT2D eigenvalue weighted by Crippen LogP contribution is -2.38. The van der Waals surface area contributed by atoms with Gasteiger partial charge in [-0.25, -0.2) is 9.78 Å². The number of carbonyl (C=O) groups is 2. The number of nitrogens with one attached hydrogen (secondary N) is 3. The van der Waals surface area contributed by atoms with Crippen LogP contribution in [0.15, 0.2) is 12.1 Å². The van der Waals surface area contributed by atoms with E-state index >= 15 is 0 Å². The van der Waals surface area contributed by atoms with E-state index in [4.69, 9.17) is 22.0 Å². The van der Waals surface area contributed by atoms with Crippen LogP contribution in [0.3, 0.4) is 0 Å². The third-order valence-corrected chi connectivity index (χ3v) is 4.75. The highest BCUT2D eigenvalue weighted by atomic mass is 35.5. The third kappa shape index (κ3) is 4.31. The molecule has 3 heterocycles. The Morgan fingerprint density at radius 1 is 1.45 bits per heavy atom. The summed E-state index contributed by atoms with van der Waals surface area (Å²) in [5.41, 5.74) is 1.03. The van der Waals surface area contributed by atoms with Crippen LogP contribution >= 0.6 is 11.6 Å². The molecule has 0 fully saturated rings. The van der Waals surface area contributed by atoms with Crippen LogP contribution in [0.5, 0.6) is 0 Å². The summed E-state index contributed by atoms with van der Waals surface area (Å²) in [6.07, 6.45) is 1.37. The van der Waals surface area contributed by atoms with Crippen LogP contribution in [0.25, 0.3) is 0 Å². The minimum atomic E-state index is -0.900. The van der Waals surface area contributed by atoms with Gasteiger partial charge in [0.05, 0.1) is 23.4 Å². The minimum Gasteiger partial charge on any atom is -0.394 e. The number of hydrogen-bond acceptors (Lipinski definition) is 5. The Kier molecular flexibility index (Phi) is 6.00. The third-order valence-electron chi connectivity index (χ3n) is 4.38. The van der Waals surface area contributed by atoms with Crippen molar-refractivity contribution in [1.82, 2.24) is 14.9 Å². The predicted molar refractivity (Wildman–Crippen MR) is 103 cm³/mol. The number of halogens is 2. The zero-order chi connectivity index (χ0) is 21.1. The standard InChI is InChI=1S/C18H18ClFN6O3/c1-9(8-27)22-18(29)25-15-12-3-2-4-26(12)16(14(15)19)17(28)24-10-5-11(7-21)23-13(20)6-10/h5-6,9,27H,2-4,8H2,1H3,(H2,22,25,29)(H,23,24,28). The van der Waals surface area contributed by atoms with Gasteiger partial charge < -0.3 is 25.6 Å². The van der Waals surface area contributed by atoms with Crippen LogP contribution in [0, 0.1) is 17.3 Å². The lowest BCUT2D eigenvalue weighted by Gasteiger charge is -2.12. The Morgan fingerprint density at radius 3 is 2.90 bits per heavy atom. The molecule has 152 valence electrons. The first-order valence-corrected chi connectivity index (χ1v) is 9.20. The first kappa shape index (κ1) is 20.6. The van der Waals surface area contributed by atoms with Gasteiger partial charge in [-0.1, -0.05) is 11.6 Å². The van der Waals surface area contributed by atoms with E-state index in [1.54, 1.807) is 17.6 Å². The van der Waals surface area contributed by atoms with Crippen molar-refractivity contribution < 1.29 is 19.1 Å². The lowest BCUT2D eigenvalue weighted by molar-refractivity contribution is 0.101. The number of aromatic nitrogens is 2. The van der Waals surface area contributed by atoms with Crippen LogP contribution in [-0.4, -0.2) is 39.2 Å². The Morgan fingerprint density at radius 2 is 2.21 bits per heavy atom. The molecule has 11 heteroatoms. The van der Waals surface area contributed by atoms with Crippen LogP contribution < -0.4 is 16.0 Å². The molecule has 29 heavy (non-hydrogen) atoms. The Labute approximate surface area is 170 Å². The van der Waals surface area contributed by atoms with Gasteiger partial charge in [-0.3, -0.25) is 4.79 Å². The molecule has 0 radical (unpaired) electrons. The number of aliphatic hydroxyl groups excluding tert-OH is 1. The first-order valence-electron chi connectivity index (χ1n) is 8.82. The number of nitriles is 1. The second-order valence-corrected chi connectivity index (χ2v) is 6.93. The van der Waals surface area contributed by atoms with Gasteiger partial charge in [0.25, 0.3) is 5.91 Å². The molecule has 2 aromatic heterocycles. The molecule has 0 bridgehead atoms. The zero-order valence-electron chi connectivity index (χ0n) is 15.4. The molecule has 0 aromatic carbocycles. The lowest BCUT2D eigenvalue weighted by atomic mass is 10.2. The van der Waals surface area contributed by atoms with E-state index in [0.717, 1.165) is 12.5 Å². The second kappa shape index (κ2) is 8.46. The minimum absolute atomic E-state index is 0.0547. The fraction of sp³-hybridized carbons (Fsp3) is 0.333. The number of fused-ring (bicyclic) bond motifs is 1. The number of rotatable bonds is 5. The molecule has 9 nitrogen and oxygen atoms in total. The molecule has 4 N–H and O–H groups in total. The Bertz CT molecular complexity index is 1020. The zero-order valence-corrected chi connectivity index (χ0v) is 16.2. The number of urea groups is 1. The summed E-state index contributed by atoms with van der Waals surface area (Å²) in [6, 6.07) is 2.93. The van der Waals surface area contributed by atoms with E-state index in [9.17, 15) is 14.0 Å². The molecule has 1 aliphatic heterocycles. The van der Waals surface area contributed by atoms with Crippen molar-refractivity contribution in [2.75, 3.05) is 17.2 Å². The normalized spacial score (nSPS) is 13.3. The molecule has 0 spiro atoms. The van der Waals surface area contributed by atoms with E-state index in [1.165, 1.54) is 6.07 Å². The number of anilines is 2. The summed E-state index contributed by atoms with van der Waals surface area (Å²) < 4.78 is 15.2. The maximum absolute atomic E-state index is 13.5. The van der Waals surface area contributed by atoms with Gasteiger partial charge >= 0.3 is 6.03 Å². The molecule has 1 aliphatic rings. The molecule has 0 saturated carbocycles. The molecular weight excluding hydrogens is 403 g/mol. The largest absolute Gasteiger partial charge is 0.394 e. The number of amides is 3. The molecule has 1 unspecified atom stereocenters. The maximum atomic E-state index is 13.5. The van der Waals surface area contributed by atoms with Crippen molar-refractivity contribution in [3.05, 3.63) is 40.2 Å². The van der Waals surface area contributed by atoms with Crippen molar-refractivity contribution in [2.24, 2.45) is 0 Å². The topological polar surface area (TPSA) is 132 Å². The molecule has 3 rings (SSSR count). The van der Waals surface area contributed by atoms with Crippen molar-refractivity contribution in [3.63, 3.8) is 0 Å². The number of carbonyl (C=O) groups excluding carboxylic acids is 2. The fourth-order valence-electron chi connectivity index (χ4n) is 3.13. The van der Waals surface area contributed by atoms with Gasteiger partial charge in [-0.05, 0) is 25.8 Å². The maximum Gasteiger partial charge on any atom is 0.319 e. The van der Waals surface area contributed by atoms with Crippen LogP contribution in [-0.2, 0) is 13.0 Å². The van der Waals surface area contributed by atoms with Crippen LogP contribution in [0.1, 0.15) is 35.2 Å². The van der Waals surface area contributed by atoms with Crippen LogP contribution in [0.4, 0.5) is 20.6 Å². The van der Waals surface area contributed by atoms with Crippen molar-refractivity contribution in [2.45, 2.75) is 32.4 Å². The molecule has 1 atom stereocenters. The monoisotopic (exact) mass is 420 g/mol. The van der Waals surface area contributed by atoms with E-state index in [0.29, 0.717) is 24.3 Å². The summed E-state index contributed by atoms with van der Waals surface area (Å²) >= 11 is 6.40. The summed E-state index contributed by atoms with van der Waals surface area (Å²) in [5, 5.41) is 25.7. The average molecular weight is 421 g/mol. The van der Waals surface area contributed by atoms with Crippen molar-refractivity contribution in [1.29, 1.82) is 5.26 Å². The molecular formula is C18H18ClFN6O3. The molecule has 0 saturated heterocycles. The Balaban J connectivity index is 1.88. The van der Waals surface area contributed by atoms with Gasteiger partial charge in [0.2, 0.25) is 5.95 Å². The van der Waals surface area contributed by atoms with Gasteiger partial charge in [-0.15, -0.1) is 0 Å². The quantitative estimate of drug-likeness (QED) is 0.551. The number of hydrogen-bond donors (Lipinski definition) is 4. The number of pyridine rings is 1. The first-order chi connectivity index (χ1) is 13.8. The van der Waals surface area contributed by atoms with Gasteiger partial charge in [0.1, 0.15) is 17.5 Å². The number of nitrogens with zero attached hydrogens (tertiary/aromatic N) is 3. The highest BCUT2D eigenvalue weighted by Gasteiger charge is 2.30. The smallest absolute Gasteiger partial charge is 0.319 e. The second-order valence-electron chi connectivity index (χ2n) is 6.55. The van der Waals surface area contributed by atoms with Crippen molar-refractivity contribution in [3.8, 4) is 6.07 Å². The van der Waals surface area contributed by atoms with Gasteiger partial charge in [0.15, 0.2) is 0 Å². The van der Waals surface area contributed by atoms with E-state index < -0.39 is 23.9 Å². The molecule has 0 aliphatic carbocycles. The van der Waals surface area contributed by atoms with E-state index in [1.807, 2.05) is 0 Å². The van der Waals surface area contributed by atoms with Gasteiger partial charge in [0, 0.05) is 24.0 Å². The molecule has 3 amide bonds. The Hall–Kier alpha value is -3.16. The van der Waals surface area contributed by atoms with E-state index in [-0.39, 0.29) is 28.7 Å². The summed E-state index contributed by atoms with van der Waals surface area (Å²) in [6.45, 7) is 1.94. The summed E-state index contributed by atoms with van der Waals surface area (Å²) in [5.74, 6) is -1.51. The van der Waals surface area contributed by atoms with Crippen LogP contribution in [0.2, 0.25) is 5.02 Å². The van der Waals surface area contributed by atoms with Gasteiger partial charge in [-0.2, -0.15) is 9.65 Å². The highest BCUT2D eigenvalue weighted by Crippen LogP contribution is 2.37. The molecule has 2 aromatic rings. The van der Waals surface area contributed by atoms with Crippen molar-refractivity contribution >= 4 is 34.9 Å².